The monoisotopic (exact) mass is 319 g/mol. The van der Waals surface area contributed by atoms with Crippen LogP contribution in [0.1, 0.15) is 19.3 Å². The zero-order valence-electron chi connectivity index (χ0n) is 11.6. The molecule has 2 N–H and O–H groups in total. The molecule has 0 bridgehead atoms. The van der Waals surface area contributed by atoms with Gasteiger partial charge in [-0.2, -0.15) is 0 Å². The van der Waals surface area contributed by atoms with Crippen molar-refractivity contribution in [3.63, 3.8) is 0 Å². The minimum absolute atomic E-state index is 0.156. The van der Waals surface area contributed by atoms with E-state index in [9.17, 15) is 4.79 Å². The van der Waals surface area contributed by atoms with Gasteiger partial charge in [-0.05, 0) is 49.2 Å². The molecule has 0 aromatic carbocycles. The fourth-order valence-electron chi connectivity index (χ4n) is 3.26. The SMILES string of the molecule is O=C(Nc1nc(-c2cccs2)cs1)C1CC12CCNCC2. The second kappa shape index (κ2) is 5.19. The van der Waals surface area contributed by atoms with Crippen LogP contribution in [0.3, 0.4) is 0 Å². The van der Waals surface area contributed by atoms with E-state index in [4.69, 9.17) is 0 Å². The van der Waals surface area contributed by atoms with Crippen LogP contribution < -0.4 is 10.6 Å². The summed E-state index contributed by atoms with van der Waals surface area (Å²) in [6, 6.07) is 4.07. The number of carbonyl (C=O) groups excluding carboxylic acids is 1. The predicted molar refractivity (Wildman–Crippen MR) is 86.7 cm³/mol. The van der Waals surface area contributed by atoms with Crippen molar-refractivity contribution >= 4 is 33.7 Å². The van der Waals surface area contributed by atoms with E-state index in [1.807, 2.05) is 16.8 Å². The molecule has 4 nitrogen and oxygen atoms in total. The first-order valence-electron chi connectivity index (χ1n) is 7.28. The van der Waals surface area contributed by atoms with Crippen molar-refractivity contribution in [1.82, 2.24) is 10.3 Å². The Bertz CT molecular complexity index is 644. The van der Waals surface area contributed by atoms with E-state index in [1.54, 1.807) is 11.3 Å². The van der Waals surface area contributed by atoms with Gasteiger partial charge < -0.3 is 10.6 Å². The third kappa shape index (κ3) is 2.52. The molecule has 1 saturated heterocycles. The molecule has 1 spiro atoms. The van der Waals surface area contributed by atoms with Gasteiger partial charge in [0.2, 0.25) is 5.91 Å². The Morgan fingerprint density at radius 2 is 2.24 bits per heavy atom. The average molecular weight is 319 g/mol. The van der Waals surface area contributed by atoms with E-state index >= 15 is 0 Å². The largest absolute Gasteiger partial charge is 0.317 e. The van der Waals surface area contributed by atoms with Crippen molar-refractivity contribution in [3.05, 3.63) is 22.9 Å². The van der Waals surface area contributed by atoms with Crippen LogP contribution in [0.2, 0.25) is 0 Å². The standard InChI is InChI=1S/C15H17N3OS2/c19-13(10-8-15(10)3-5-16-6-4-15)18-14-17-11(9-21-14)12-2-1-7-20-12/h1-2,7,9-10,16H,3-6,8H2,(H,17,18,19). The van der Waals surface area contributed by atoms with Crippen molar-refractivity contribution in [3.8, 4) is 10.6 Å². The fraction of sp³-hybridized carbons (Fsp3) is 0.467. The zero-order valence-corrected chi connectivity index (χ0v) is 13.2. The third-order valence-corrected chi connectivity index (χ3v) is 6.26. The fourth-order valence-corrected chi connectivity index (χ4v) is 4.73. The highest BCUT2D eigenvalue weighted by Gasteiger charge is 2.57. The van der Waals surface area contributed by atoms with Crippen LogP contribution in [-0.2, 0) is 4.79 Å². The number of rotatable bonds is 3. The molecule has 1 aliphatic heterocycles. The Morgan fingerprint density at radius 3 is 3.00 bits per heavy atom. The van der Waals surface area contributed by atoms with E-state index in [2.05, 4.69) is 21.7 Å². The number of piperidine rings is 1. The molecule has 2 aromatic heterocycles. The van der Waals surface area contributed by atoms with Crippen molar-refractivity contribution in [2.24, 2.45) is 11.3 Å². The lowest BCUT2D eigenvalue weighted by Crippen LogP contribution is -2.31. The van der Waals surface area contributed by atoms with Gasteiger partial charge in [-0.25, -0.2) is 4.98 Å². The third-order valence-electron chi connectivity index (χ3n) is 4.61. The van der Waals surface area contributed by atoms with Crippen LogP contribution in [0.15, 0.2) is 22.9 Å². The van der Waals surface area contributed by atoms with Gasteiger partial charge in [0.05, 0.1) is 10.6 Å². The van der Waals surface area contributed by atoms with Crippen LogP contribution in [0.4, 0.5) is 5.13 Å². The molecule has 1 unspecified atom stereocenters. The molecule has 110 valence electrons. The van der Waals surface area contributed by atoms with Gasteiger partial charge in [0, 0.05) is 11.3 Å². The highest BCUT2D eigenvalue weighted by atomic mass is 32.1. The number of nitrogens with one attached hydrogen (secondary N) is 2. The van der Waals surface area contributed by atoms with Gasteiger partial charge in [0.25, 0.3) is 0 Å². The predicted octanol–water partition coefficient (Wildman–Crippen LogP) is 3.20. The summed E-state index contributed by atoms with van der Waals surface area (Å²) in [6.45, 7) is 2.09. The van der Waals surface area contributed by atoms with E-state index < -0.39 is 0 Å². The molecule has 6 heteroatoms. The summed E-state index contributed by atoms with van der Waals surface area (Å²) in [5, 5.41) is 11.1. The number of carbonyl (C=O) groups is 1. The molecule has 0 radical (unpaired) electrons. The first-order valence-corrected chi connectivity index (χ1v) is 9.04. The molecule has 1 saturated carbocycles. The normalized spacial score (nSPS) is 23.1. The highest BCUT2D eigenvalue weighted by molar-refractivity contribution is 7.16. The van der Waals surface area contributed by atoms with E-state index in [0.717, 1.165) is 48.1 Å². The van der Waals surface area contributed by atoms with Crippen LogP contribution in [0.5, 0.6) is 0 Å². The number of aromatic nitrogens is 1. The van der Waals surface area contributed by atoms with Crippen molar-refractivity contribution in [2.45, 2.75) is 19.3 Å². The minimum atomic E-state index is 0.156. The number of hydrogen-bond donors (Lipinski definition) is 2. The van der Waals surface area contributed by atoms with Gasteiger partial charge in [-0.1, -0.05) is 6.07 Å². The van der Waals surface area contributed by atoms with E-state index in [0.29, 0.717) is 0 Å². The molecular weight excluding hydrogens is 302 g/mol. The second-order valence-electron chi connectivity index (χ2n) is 5.87. The summed E-state index contributed by atoms with van der Waals surface area (Å²) >= 11 is 3.18. The Labute approximate surface area is 131 Å². The van der Waals surface area contributed by atoms with Crippen LogP contribution in [-0.4, -0.2) is 24.0 Å². The van der Waals surface area contributed by atoms with Gasteiger partial charge in [0.15, 0.2) is 5.13 Å². The maximum atomic E-state index is 12.4. The zero-order chi connectivity index (χ0) is 14.3. The highest BCUT2D eigenvalue weighted by Crippen LogP contribution is 2.58. The number of anilines is 1. The van der Waals surface area contributed by atoms with Crippen LogP contribution >= 0.6 is 22.7 Å². The van der Waals surface area contributed by atoms with E-state index in [1.165, 1.54) is 11.3 Å². The topological polar surface area (TPSA) is 54.0 Å². The van der Waals surface area contributed by atoms with Gasteiger partial charge >= 0.3 is 0 Å². The maximum absolute atomic E-state index is 12.4. The van der Waals surface area contributed by atoms with Crippen LogP contribution in [0.25, 0.3) is 10.6 Å². The van der Waals surface area contributed by atoms with Gasteiger partial charge in [-0.15, -0.1) is 22.7 Å². The second-order valence-corrected chi connectivity index (χ2v) is 7.68. The molecule has 3 heterocycles. The minimum Gasteiger partial charge on any atom is -0.317 e. The molecule has 2 aromatic rings. The first-order chi connectivity index (χ1) is 10.3. The number of thiazole rings is 1. The molecule has 4 rings (SSSR count). The molecule has 21 heavy (non-hydrogen) atoms. The van der Waals surface area contributed by atoms with Crippen LogP contribution in [0, 0.1) is 11.3 Å². The molecule has 2 aliphatic rings. The lowest BCUT2D eigenvalue weighted by Gasteiger charge is -2.22. The summed E-state index contributed by atoms with van der Waals surface area (Å²) in [6.07, 6.45) is 3.30. The molecular formula is C15H17N3OS2. The Morgan fingerprint density at radius 1 is 1.38 bits per heavy atom. The summed E-state index contributed by atoms with van der Waals surface area (Å²) < 4.78 is 0. The number of amides is 1. The Hall–Kier alpha value is -1.24. The number of nitrogens with zero attached hydrogens (tertiary/aromatic N) is 1. The Kier molecular flexibility index (Phi) is 3.32. The van der Waals surface area contributed by atoms with Crippen molar-refractivity contribution in [1.29, 1.82) is 0 Å². The first kappa shape index (κ1) is 13.4. The summed E-state index contributed by atoms with van der Waals surface area (Å²) in [5.74, 6) is 0.345. The lowest BCUT2D eigenvalue weighted by atomic mass is 9.92. The number of thiophene rings is 1. The quantitative estimate of drug-likeness (QED) is 0.913. The summed E-state index contributed by atoms with van der Waals surface area (Å²) in [4.78, 5) is 18.0. The lowest BCUT2D eigenvalue weighted by molar-refractivity contribution is -0.118. The van der Waals surface area contributed by atoms with Crippen molar-refractivity contribution < 1.29 is 4.79 Å². The summed E-state index contributed by atoms with van der Waals surface area (Å²) in [5.41, 5.74) is 1.24. The Balaban J connectivity index is 1.41. The molecule has 1 atom stereocenters. The maximum Gasteiger partial charge on any atom is 0.229 e. The van der Waals surface area contributed by atoms with E-state index in [-0.39, 0.29) is 17.2 Å². The summed E-state index contributed by atoms with van der Waals surface area (Å²) in [7, 11) is 0. The molecule has 1 amide bonds. The smallest absolute Gasteiger partial charge is 0.229 e. The van der Waals surface area contributed by atoms with Gasteiger partial charge in [-0.3, -0.25) is 4.79 Å². The van der Waals surface area contributed by atoms with Gasteiger partial charge in [0.1, 0.15) is 0 Å². The molecule has 1 aliphatic carbocycles. The van der Waals surface area contributed by atoms with Crippen molar-refractivity contribution in [2.75, 3.05) is 18.4 Å². The number of hydrogen-bond acceptors (Lipinski definition) is 5. The average Bonchev–Trinajstić information content (AvgIpc) is 2.93. The molecule has 2 fully saturated rings.